The van der Waals surface area contributed by atoms with Crippen molar-refractivity contribution in [3.8, 4) is 0 Å². The summed E-state index contributed by atoms with van der Waals surface area (Å²) >= 11 is 0. The molecule has 0 atom stereocenters. The summed E-state index contributed by atoms with van der Waals surface area (Å²) in [6.07, 6.45) is 1.55. The van der Waals surface area contributed by atoms with Gasteiger partial charge >= 0.3 is 10.2 Å². The summed E-state index contributed by atoms with van der Waals surface area (Å²) in [4.78, 5) is 0. The third kappa shape index (κ3) is 4.12. The van der Waals surface area contributed by atoms with Crippen molar-refractivity contribution in [1.29, 1.82) is 0 Å². The van der Waals surface area contributed by atoms with Crippen molar-refractivity contribution >= 4 is 15.9 Å². The van der Waals surface area contributed by atoms with Crippen LogP contribution >= 0.6 is 0 Å². The molecule has 1 aromatic carbocycles. The monoisotopic (exact) mass is 319 g/mol. The van der Waals surface area contributed by atoms with Gasteiger partial charge in [0.1, 0.15) is 0 Å². The van der Waals surface area contributed by atoms with Crippen LogP contribution in [0.2, 0.25) is 0 Å². The lowest BCUT2D eigenvalue weighted by atomic mass is 9.98. The van der Waals surface area contributed by atoms with Crippen LogP contribution in [0.25, 0.3) is 0 Å². The maximum Gasteiger partial charge on any atom is 0.301 e. The van der Waals surface area contributed by atoms with Gasteiger partial charge in [-0.05, 0) is 44.5 Å². The van der Waals surface area contributed by atoms with Gasteiger partial charge < -0.3 is 5.32 Å². The average molecular weight is 319 g/mol. The summed E-state index contributed by atoms with van der Waals surface area (Å²) in [7, 11) is -1.86. The van der Waals surface area contributed by atoms with E-state index in [2.05, 4.69) is 10.0 Å². The van der Waals surface area contributed by atoms with Crippen LogP contribution < -0.4 is 10.0 Å². The summed E-state index contributed by atoms with van der Waals surface area (Å²) in [5, 5.41) is 3.08. The zero-order valence-electron chi connectivity index (χ0n) is 11.8. The van der Waals surface area contributed by atoms with Gasteiger partial charge in [0.25, 0.3) is 0 Å². The Hall–Kier alpha value is -1.25. The molecule has 2 rings (SSSR count). The smallest absolute Gasteiger partial charge is 0.301 e. The van der Waals surface area contributed by atoms with E-state index in [1.807, 2.05) is 7.05 Å². The Bertz CT molecular complexity index is 587. The molecule has 2 N–H and O–H groups in total. The van der Waals surface area contributed by atoms with Gasteiger partial charge in [-0.3, -0.25) is 4.72 Å². The number of rotatable bonds is 5. The molecule has 21 heavy (non-hydrogen) atoms. The molecule has 0 saturated carbocycles. The lowest BCUT2D eigenvalue weighted by Crippen LogP contribution is -2.43. The Morgan fingerprint density at radius 2 is 1.90 bits per heavy atom. The second-order valence-corrected chi connectivity index (χ2v) is 6.81. The van der Waals surface area contributed by atoms with Crippen molar-refractivity contribution in [2.45, 2.75) is 12.8 Å². The Morgan fingerprint density at radius 3 is 2.48 bits per heavy atom. The highest BCUT2D eigenvalue weighted by Gasteiger charge is 2.27. The SMILES string of the molecule is CNCC1CCN(S(=O)(=O)Nc2ccc(F)c(F)c2)CC1. The molecule has 0 aliphatic carbocycles. The van der Waals surface area contributed by atoms with Gasteiger partial charge in [0.2, 0.25) is 0 Å². The zero-order chi connectivity index (χ0) is 15.5. The van der Waals surface area contributed by atoms with E-state index in [1.54, 1.807) is 0 Å². The summed E-state index contributed by atoms with van der Waals surface area (Å²) in [5.74, 6) is -1.63. The topological polar surface area (TPSA) is 61.4 Å². The Balaban J connectivity index is 2.00. The molecule has 1 aliphatic heterocycles. The average Bonchev–Trinajstić information content (AvgIpc) is 2.44. The molecule has 0 unspecified atom stereocenters. The number of nitrogens with one attached hydrogen (secondary N) is 2. The molecular formula is C13H19F2N3O2S. The fraction of sp³-hybridized carbons (Fsp3) is 0.538. The first-order chi connectivity index (χ1) is 9.92. The fourth-order valence-corrected chi connectivity index (χ4v) is 3.66. The molecule has 0 amide bonds. The van der Waals surface area contributed by atoms with Crippen LogP contribution in [0.4, 0.5) is 14.5 Å². The van der Waals surface area contributed by atoms with Gasteiger partial charge in [-0.25, -0.2) is 8.78 Å². The molecule has 8 heteroatoms. The highest BCUT2D eigenvalue weighted by atomic mass is 32.2. The molecule has 1 fully saturated rings. The third-order valence-corrected chi connectivity index (χ3v) is 5.11. The van der Waals surface area contributed by atoms with E-state index in [-0.39, 0.29) is 5.69 Å². The number of hydrogen-bond donors (Lipinski definition) is 2. The highest BCUT2D eigenvalue weighted by Crippen LogP contribution is 2.21. The minimum atomic E-state index is -3.73. The van der Waals surface area contributed by atoms with E-state index in [0.29, 0.717) is 19.0 Å². The summed E-state index contributed by atoms with van der Waals surface area (Å²) in [6, 6.07) is 2.93. The molecule has 1 heterocycles. The summed E-state index contributed by atoms with van der Waals surface area (Å²) < 4.78 is 53.9. The standard InChI is InChI=1S/C13H19F2N3O2S/c1-16-9-10-4-6-18(7-5-10)21(19,20)17-11-2-3-12(14)13(15)8-11/h2-3,8,10,16-17H,4-7,9H2,1H3. The van der Waals surface area contributed by atoms with Crippen molar-refractivity contribution in [2.75, 3.05) is 31.4 Å². The van der Waals surface area contributed by atoms with Crippen LogP contribution in [0.3, 0.4) is 0 Å². The van der Waals surface area contributed by atoms with Crippen molar-refractivity contribution < 1.29 is 17.2 Å². The largest absolute Gasteiger partial charge is 0.319 e. The van der Waals surface area contributed by atoms with Crippen molar-refractivity contribution in [2.24, 2.45) is 5.92 Å². The number of halogens is 2. The molecule has 1 aromatic rings. The van der Waals surface area contributed by atoms with Gasteiger partial charge in [0.05, 0.1) is 5.69 Å². The second-order valence-electron chi connectivity index (χ2n) is 5.14. The van der Waals surface area contributed by atoms with Crippen LogP contribution in [0.5, 0.6) is 0 Å². The molecule has 118 valence electrons. The quantitative estimate of drug-likeness (QED) is 0.866. The summed E-state index contributed by atoms with van der Waals surface area (Å²) in [6.45, 7) is 1.71. The zero-order valence-corrected chi connectivity index (χ0v) is 12.6. The first-order valence-electron chi connectivity index (χ1n) is 6.80. The van der Waals surface area contributed by atoms with Crippen LogP contribution in [0, 0.1) is 17.6 Å². The van der Waals surface area contributed by atoms with Gasteiger partial charge in [-0.1, -0.05) is 0 Å². The molecule has 0 bridgehead atoms. The molecule has 1 aliphatic rings. The molecule has 5 nitrogen and oxygen atoms in total. The molecule has 1 saturated heterocycles. The van der Waals surface area contributed by atoms with E-state index in [4.69, 9.17) is 0 Å². The number of benzene rings is 1. The van der Waals surface area contributed by atoms with Crippen LogP contribution in [0.1, 0.15) is 12.8 Å². The van der Waals surface area contributed by atoms with Gasteiger partial charge in [-0.2, -0.15) is 12.7 Å². The number of anilines is 1. The highest BCUT2D eigenvalue weighted by molar-refractivity contribution is 7.90. The molecule has 0 radical (unpaired) electrons. The second kappa shape index (κ2) is 6.67. The van der Waals surface area contributed by atoms with Crippen LogP contribution in [-0.2, 0) is 10.2 Å². The predicted molar refractivity (Wildman–Crippen MR) is 77.1 cm³/mol. The van der Waals surface area contributed by atoms with Gasteiger partial charge in [0, 0.05) is 19.2 Å². The van der Waals surface area contributed by atoms with E-state index >= 15 is 0 Å². The Morgan fingerprint density at radius 1 is 1.24 bits per heavy atom. The predicted octanol–water partition coefficient (Wildman–Crippen LogP) is 1.55. The fourth-order valence-electron chi connectivity index (χ4n) is 2.42. The normalized spacial score (nSPS) is 17.9. The number of nitrogens with zero attached hydrogens (tertiary/aromatic N) is 1. The lowest BCUT2D eigenvalue weighted by molar-refractivity contribution is 0.272. The van der Waals surface area contributed by atoms with Gasteiger partial charge in [0.15, 0.2) is 11.6 Å². The van der Waals surface area contributed by atoms with Crippen LogP contribution in [0.15, 0.2) is 18.2 Å². The minimum absolute atomic E-state index is 0.0197. The van der Waals surface area contributed by atoms with Crippen molar-refractivity contribution in [1.82, 2.24) is 9.62 Å². The van der Waals surface area contributed by atoms with E-state index in [0.717, 1.165) is 31.5 Å². The number of hydrogen-bond acceptors (Lipinski definition) is 3. The maximum absolute atomic E-state index is 13.1. The summed E-state index contributed by atoms with van der Waals surface area (Å²) in [5.41, 5.74) is 0.0197. The lowest BCUT2D eigenvalue weighted by Gasteiger charge is -2.31. The van der Waals surface area contributed by atoms with E-state index in [9.17, 15) is 17.2 Å². The minimum Gasteiger partial charge on any atom is -0.319 e. The molecular weight excluding hydrogens is 300 g/mol. The third-order valence-electron chi connectivity index (χ3n) is 3.57. The first kappa shape index (κ1) is 16.1. The maximum atomic E-state index is 13.1. The van der Waals surface area contributed by atoms with Crippen molar-refractivity contribution in [3.63, 3.8) is 0 Å². The van der Waals surface area contributed by atoms with E-state index < -0.39 is 21.8 Å². The van der Waals surface area contributed by atoms with E-state index in [1.165, 1.54) is 10.4 Å². The molecule has 0 aromatic heterocycles. The first-order valence-corrected chi connectivity index (χ1v) is 8.24. The Labute approximate surface area is 123 Å². The van der Waals surface area contributed by atoms with Crippen LogP contribution in [-0.4, -0.2) is 39.4 Å². The molecule has 0 spiro atoms. The van der Waals surface area contributed by atoms with Gasteiger partial charge in [-0.15, -0.1) is 0 Å². The number of piperidine rings is 1. The van der Waals surface area contributed by atoms with Crippen molar-refractivity contribution in [3.05, 3.63) is 29.8 Å². The Kier molecular flexibility index (Phi) is 5.13.